The monoisotopic (exact) mass is 325 g/mol. The molecule has 2 unspecified atom stereocenters. The van der Waals surface area contributed by atoms with Crippen LogP contribution in [0.3, 0.4) is 0 Å². The lowest BCUT2D eigenvalue weighted by atomic mass is 9.80. The van der Waals surface area contributed by atoms with Crippen molar-refractivity contribution in [2.75, 3.05) is 12.4 Å². The van der Waals surface area contributed by atoms with Crippen LogP contribution in [0.5, 0.6) is 0 Å². The molecular formula is C17H24ClNOS. The minimum Gasteiger partial charge on any atom is -0.351 e. The number of carbonyl (C=O) groups excluding carboxylic acids is 1. The number of nitrogens with one attached hydrogen (secondary N) is 1. The zero-order valence-corrected chi connectivity index (χ0v) is 14.1. The summed E-state index contributed by atoms with van der Waals surface area (Å²) in [5.74, 6) is 1.99. The van der Waals surface area contributed by atoms with Gasteiger partial charge in [0.1, 0.15) is 0 Å². The molecule has 2 aliphatic rings. The molecule has 2 aliphatic carbocycles. The van der Waals surface area contributed by atoms with Crippen molar-refractivity contribution < 1.29 is 4.79 Å². The Hall–Kier alpha value is -0.540. The predicted octanol–water partition coefficient (Wildman–Crippen LogP) is 4.40. The molecule has 1 aromatic rings. The summed E-state index contributed by atoms with van der Waals surface area (Å²) in [5, 5.41) is 3.15. The summed E-state index contributed by atoms with van der Waals surface area (Å²) in [4.78, 5) is 14.7. The normalized spacial score (nSPS) is 25.4. The van der Waals surface area contributed by atoms with Crippen molar-refractivity contribution in [1.82, 2.24) is 5.32 Å². The zero-order chi connectivity index (χ0) is 14.7. The Morgan fingerprint density at radius 1 is 1.19 bits per heavy atom. The average Bonchev–Trinajstić information content (AvgIpc) is 2.97. The van der Waals surface area contributed by atoms with Gasteiger partial charge in [0.05, 0.1) is 4.88 Å². The van der Waals surface area contributed by atoms with Gasteiger partial charge in [-0.3, -0.25) is 4.79 Å². The maximum atomic E-state index is 12.4. The SMILES string of the molecule is O=C(NCC1CCCCC1CCl)c1cc2c(s1)CCCC2. The molecule has 2 nitrogen and oxygen atoms in total. The fourth-order valence-corrected chi connectivity index (χ4v) is 5.25. The summed E-state index contributed by atoms with van der Waals surface area (Å²) in [6.45, 7) is 0.790. The summed E-state index contributed by atoms with van der Waals surface area (Å²) in [6, 6.07) is 2.12. The van der Waals surface area contributed by atoms with Gasteiger partial charge in [-0.1, -0.05) is 12.8 Å². The minimum atomic E-state index is 0.119. The van der Waals surface area contributed by atoms with E-state index < -0.39 is 0 Å². The molecule has 1 saturated carbocycles. The fourth-order valence-electron chi connectivity index (χ4n) is 3.67. The number of amides is 1. The van der Waals surface area contributed by atoms with Crippen LogP contribution in [0.4, 0.5) is 0 Å². The van der Waals surface area contributed by atoms with E-state index in [-0.39, 0.29) is 5.91 Å². The standard InChI is InChI=1S/C17H24ClNOS/c18-10-13-6-1-2-7-14(13)11-19-17(20)16-9-12-5-3-4-8-15(12)21-16/h9,13-14H,1-8,10-11H2,(H,19,20). The van der Waals surface area contributed by atoms with E-state index >= 15 is 0 Å². The van der Waals surface area contributed by atoms with Crippen LogP contribution in [0.25, 0.3) is 0 Å². The molecular weight excluding hydrogens is 302 g/mol. The van der Waals surface area contributed by atoms with Gasteiger partial charge >= 0.3 is 0 Å². The fraction of sp³-hybridized carbons (Fsp3) is 0.706. The Labute approximate surface area is 136 Å². The predicted molar refractivity (Wildman–Crippen MR) is 89.5 cm³/mol. The average molecular weight is 326 g/mol. The second-order valence-corrected chi connectivity index (χ2v) is 7.88. The number of alkyl halides is 1. The highest BCUT2D eigenvalue weighted by molar-refractivity contribution is 7.14. The third-order valence-corrected chi connectivity index (χ3v) is 6.64. The van der Waals surface area contributed by atoms with E-state index in [0.717, 1.165) is 30.1 Å². The van der Waals surface area contributed by atoms with Gasteiger partial charge in [-0.2, -0.15) is 0 Å². The van der Waals surface area contributed by atoms with Crippen molar-refractivity contribution in [3.05, 3.63) is 21.4 Å². The highest BCUT2D eigenvalue weighted by Gasteiger charge is 2.25. The van der Waals surface area contributed by atoms with E-state index in [0.29, 0.717) is 11.8 Å². The topological polar surface area (TPSA) is 29.1 Å². The Bertz CT molecular complexity index is 475. The first kappa shape index (κ1) is 15.4. The first-order valence-corrected chi connectivity index (χ1v) is 9.58. The third kappa shape index (κ3) is 3.62. The van der Waals surface area contributed by atoms with Crippen LogP contribution < -0.4 is 5.32 Å². The molecule has 0 aromatic carbocycles. The van der Waals surface area contributed by atoms with Crippen LogP contribution in [-0.2, 0) is 12.8 Å². The molecule has 1 fully saturated rings. The molecule has 2 atom stereocenters. The Morgan fingerprint density at radius 3 is 2.71 bits per heavy atom. The van der Waals surface area contributed by atoms with E-state index in [1.807, 2.05) is 0 Å². The maximum absolute atomic E-state index is 12.4. The maximum Gasteiger partial charge on any atom is 0.261 e. The number of aryl methyl sites for hydroxylation is 2. The van der Waals surface area contributed by atoms with Gasteiger partial charge in [-0.15, -0.1) is 22.9 Å². The first-order chi connectivity index (χ1) is 10.3. The number of fused-ring (bicyclic) bond motifs is 1. The van der Waals surface area contributed by atoms with E-state index in [2.05, 4.69) is 11.4 Å². The lowest BCUT2D eigenvalue weighted by Gasteiger charge is -2.30. The molecule has 116 valence electrons. The molecule has 0 radical (unpaired) electrons. The molecule has 21 heavy (non-hydrogen) atoms. The molecule has 0 aliphatic heterocycles. The summed E-state index contributed by atoms with van der Waals surface area (Å²) < 4.78 is 0. The van der Waals surface area contributed by atoms with Gasteiger partial charge in [-0.05, 0) is 62.0 Å². The van der Waals surface area contributed by atoms with Crippen molar-refractivity contribution >= 4 is 28.8 Å². The third-order valence-electron chi connectivity index (χ3n) is 5.01. The Balaban J connectivity index is 1.57. The Morgan fingerprint density at radius 2 is 1.95 bits per heavy atom. The quantitative estimate of drug-likeness (QED) is 0.817. The highest BCUT2D eigenvalue weighted by Crippen LogP contribution is 2.31. The summed E-state index contributed by atoms with van der Waals surface area (Å²) in [5.41, 5.74) is 1.41. The Kier molecular flexibility index (Phi) is 5.23. The van der Waals surface area contributed by atoms with Crippen LogP contribution >= 0.6 is 22.9 Å². The van der Waals surface area contributed by atoms with Gasteiger partial charge in [0, 0.05) is 17.3 Å². The second-order valence-electron chi connectivity index (χ2n) is 6.44. The van der Waals surface area contributed by atoms with Crippen molar-refractivity contribution in [1.29, 1.82) is 0 Å². The van der Waals surface area contributed by atoms with Gasteiger partial charge in [0.15, 0.2) is 0 Å². The van der Waals surface area contributed by atoms with E-state index in [4.69, 9.17) is 11.6 Å². The number of hydrogen-bond donors (Lipinski definition) is 1. The molecule has 1 aromatic heterocycles. The number of hydrogen-bond acceptors (Lipinski definition) is 2. The second kappa shape index (κ2) is 7.15. The number of rotatable bonds is 4. The van der Waals surface area contributed by atoms with Crippen LogP contribution in [0.2, 0.25) is 0 Å². The van der Waals surface area contributed by atoms with Gasteiger partial charge in [0.2, 0.25) is 0 Å². The molecule has 1 heterocycles. The van der Waals surface area contributed by atoms with Gasteiger partial charge in [0.25, 0.3) is 5.91 Å². The molecule has 3 rings (SSSR count). The minimum absolute atomic E-state index is 0.119. The van der Waals surface area contributed by atoms with Crippen LogP contribution in [-0.4, -0.2) is 18.3 Å². The first-order valence-electron chi connectivity index (χ1n) is 8.23. The van der Waals surface area contributed by atoms with Crippen molar-refractivity contribution in [2.45, 2.75) is 51.4 Å². The van der Waals surface area contributed by atoms with Crippen molar-refractivity contribution in [3.63, 3.8) is 0 Å². The van der Waals surface area contributed by atoms with Crippen LogP contribution in [0.15, 0.2) is 6.07 Å². The number of halogens is 1. The van der Waals surface area contributed by atoms with Crippen molar-refractivity contribution in [2.24, 2.45) is 11.8 Å². The van der Waals surface area contributed by atoms with E-state index in [1.54, 1.807) is 11.3 Å². The number of carbonyl (C=O) groups is 1. The van der Waals surface area contributed by atoms with Crippen LogP contribution in [0.1, 0.15) is 58.6 Å². The smallest absolute Gasteiger partial charge is 0.261 e. The molecule has 0 spiro atoms. The molecule has 0 bridgehead atoms. The summed E-state index contributed by atoms with van der Waals surface area (Å²) in [7, 11) is 0. The van der Waals surface area contributed by atoms with Gasteiger partial charge in [-0.25, -0.2) is 0 Å². The largest absolute Gasteiger partial charge is 0.351 e. The molecule has 1 amide bonds. The van der Waals surface area contributed by atoms with E-state index in [1.165, 1.54) is 49.0 Å². The lowest BCUT2D eigenvalue weighted by Crippen LogP contribution is -2.34. The summed E-state index contributed by atoms with van der Waals surface area (Å²) >= 11 is 7.76. The molecule has 4 heteroatoms. The van der Waals surface area contributed by atoms with Gasteiger partial charge < -0.3 is 5.32 Å². The molecule has 1 N–H and O–H groups in total. The highest BCUT2D eigenvalue weighted by atomic mass is 35.5. The number of thiophene rings is 1. The zero-order valence-electron chi connectivity index (χ0n) is 12.5. The van der Waals surface area contributed by atoms with E-state index in [9.17, 15) is 4.79 Å². The van der Waals surface area contributed by atoms with Crippen molar-refractivity contribution in [3.8, 4) is 0 Å². The summed E-state index contributed by atoms with van der Waals surface area (Å²) in [6.07, 6.45) is 9.84. The lowest BCUT2D eigenvalue weighted by molar-refractivity contribution is 0.0940. The molecule has 0 saturated heterocycles. The van der Waals surface area contributed by atoms with Crippen LogP contribution in [0, 0.1) is 11.8 Å².